The van der Waals surface area contributed by atoms with E-state index < -0.39 is 27.0 Å². The molecule has 8 nitrogen and oxygen atoms in total. The second-order valence-electron chi connectivity index (χ2n) is 8.17. The molecule has 1 fully saturated rings. The van der Waals surface area contributed by atoms with Gasteiger partial charge in [0, 0.05) is 43.2 Å². The first-order valence-electron chi connectivity index (χ1n) is 11.1. The minimum atomic E-state index is -4.25. The summed E-state index contributed by atoms with van der Waals surface area (Å²) in [7, 11) is -4.25. The fourth-order valence-corrected chi connectivity index (χ4v) is 5.24. The minimum Gasteiger partial charge on any atom is -0.339 e. The predicted molar refractivity (Wildman–Crippen MR) is 129 cm³/mol. The van der Waals surface area contributed by atoms with Gasteiger partial charge in [0.2, 0.25) is 21.1 Å². The van der Waals surface area contributed by atoms with Crippen molar-refractivity contribution >= 4 is 39.2 Å². The molecule has 0 radical (unpaired) electrons. The number of carbonyl (C=O) groups excluding carboxylic acids is 3. The first-order valence-corrected chi connectivity index (χ1v) is 13.0. The molecule has 0 bridgehead atoms. The quantitative estimate of drug-likeness (QED) is 0.623. The van der Waals surface area contributed by atoms with Crippen LogP contribution in [0.25, 0.3) is 0 Å². The van der Waals surface area contributed by atoms with E-state index >= 15 is 0 Å². The monoisotopic (exact) mass is 505 g/mol. The number of nitrogens with one attached hydrogen (secondary N) is 1. The molecular formula is C24H28ClN3O5S. The Morgan fingerprint density at radius 1 is 0.941 bits per heavy atom. The summed E-state index contributed by atoms with van der Waals surface area (Å²) in [6, 6.07) is 12.0. The Bertz CT molecular complexity index is 1140. The number of aryl methyl sites for hydroxylation is 1. The normalized spacial score (nSPS) is 15.0. The first kappa shape index (κ1) is 25.7. The molecule has 1 N–H and O–H groups in total. The van der Waals surface area contributed by atoms with Crippen molar-refractivity contribution in [2.75, 3.05) is 26.2 Å². The fraction of sp³-hybridized carbons (Fsp3) is 0.375. The van der Waals surface area contributed by atoms with E-state index in [2.05, 4.69) is 5.32 Å². The summed E-state index contributed by atoms with van der Waals surface area (Å²) < 4.78 is 26.9. The van der Waals surface area contributed by atoms with Gasteiger partial charge >= 0.3 is 0 Å². The lowest BCUT2D eigenvalue weighted by Crippen LogP contribution is -2.57. The molecule has 2 aromatic carbocycles. The zero-order valence-electron chi connectivity index (χ0n) is 19.2. The van der Waals surface area contributed by atoms with Gasteiger partial charge in [0.05, 0.1) is 4.90 Å². The van der Waals surface area contributed by atoms with Gasteiger partial charge in [-0.05, 0) is 49.7 Å². The summed E-state index contributed by atoms with van der Waals surface area (Å²) in [5.74, 6) is -1.43. The smallest absolute Gasteiger partial charge is 0.261 e. The molecule has 0 aromatic heterocycles. The first-order chi connectivity index (χ1) is 16.1. The maximum absolute atomic E-state index is 13.5. The molecule has 3 amide bonds. The van der Waals surface area contributed by atoms with Crippen LogP contribution in [0.4, 0.5) is 0 Å². The average molecular weight is 506 g/mol. The second kappa shape index (κ2) is 11.0. The molecule has 2 aromatic rings. The maximum Gasteiger partial charge on any atom is 0.261 e. The summed E-state index contributed by atoms with van der Waals surface area (Å²) >= 11 is 5.88. The van der Waals surface area contributed by atoms with E-state index in [-0.39, 0.29) is 29.5 Å². The molecule has 0 unspecified atom stereocenters. The lowest BCUT2D eigenvalue weighted by molar-refractivity contribution is -0.139. The highest BCUT2D eigenvalue weighted by molar-refractivity contribution is 7.92. The Morgan fingerprint density at radius 3 is 2.06 bits per heavy atom. The van der Waals surface area contributed by atoms with Crippen LogP contribution in [-0.4, -0.2) is 67.5 Å². The van der Waals surface area contributed by atoms with Crippen molar-refractivity contribution in [3.63, 3.8) is 0 Å². The minimum absolute atomic E-state index is 0.00877. The summed E-state index contributed by atoms with van der Waals surface area (Å²) in [5, 5.41) is 1.03. The van der Waals surface area contributed by atoms with Crippen LogP contribution in [0.15, 0.2) is 53.4 Å². The van der Waals surface area contributed by atoms with Crippen LogP contribution in [-0.2, 0) is 19.4 Å². The van der Waals surface area contributed by atoms with E-state index in [1.807, 2.05) is 13.8 Å². The molecule has 0 saturated carbocycles. The van der Waals surface area contributed by atoms with E-state index in [0.717, 1.165) is 12.0 Å². The van der Waals surface area contributed by atoms with E-state index in [4.69, 9.17) is 11.6 Å². The molecule has 1 aliphatic heterocycles. The van der Waals surface area contributed by atoms with Gasteiger partial charge in [-0.2, -0.15) is 0 Å². The highest BCUT2D eigenvalue weighted by atomic mass is 35.5. The molecule has 1 heterocycles. The molecule has 0 spiro atoms. The van der Waals surface area contributed by atoms with Crippen LogP contribution in [0.1, 0.15) is 35.7 Å². The van der Waals surface area contributed by atoms with Gasteiger partial charge in [-0.25, -0.2) is 8.42 Å². The fourth-order valence-electron chi connectivity index (χ4n) is 3.65. The number of hydrogen-bond donors (Lipinski definition) is 1. The van der Waals surface area contributed by atoms with Crippen LogP contribution in [0.3, 0.4) is 0 Å². The Morgan fingerprint density at radius 2 is 1.50 bits per heavy atom. The molecule has 34 heavy (non-hydrogen) atoms. The highest BCUT2D eigenvalue weighted by Crippen LogP contribution is 2.19. The van der Waals surface area contributed by atoms with Gasteiger partial charge in [-0.15, -0.1) is 0 Å². The largest absolute Gasteiger partial charge is 0.339 e. The second-order valence-corrected chi connectivity index (χ2v) is 10.6. The Balaban J connectivity index is 1.86. The molecule has 0 aliphatic carbocycles. The maximum atomic E-state index is 13.5. The topological polar surface area (TPSA) is 104 Å². The van der Waals surface area contributed by atoms with Gasteiger partial charge < -0.3 is 15.1 Å². The molecular weight excluding hydrogens is 478 g/mol. The van der Waals surface area contributed by atoms with Crippen LogP contribution < -0.4 is 5.32 Å². The average Bonchev–Trinajstić information content (AvgIpc) is 2.83. The number of nitrogens with zero attached hydrogens (tertiary/aromatic N) is 2. The van der Waals surface area contributed by atoms with Crippen molar-refractivity contribution in [1.82, 2.24) is 15.1 Å². The number of halogens is 1. The Kier molecular flexibility index (Phi) is 8.33. The Hall–Kier alpha value is -2.91. The third-order valence-electron chi connectivity index (χ3n) is 5.66. The van der Waals surface area contributed by atoms with Crippen molar-refractivity contribution in [3.05, 3.63) is 64.7 Å². The lowest BCUT2D eigenvalue weighted by Gasteiger charge is -2.36. The summed E-state index contributed by atoms with van der Waals surface area (Å²) in [5.41, 5.74) is 1.04. The van der Waals surface area contributed by atoms with E-state index in [9.17, 15) is 22.8 Å². The van der Waals surface area contributed by atoms with Crippen molar-refractivity contribution < 1.29 is 22.8 Å². The third-order valence-corrected chi connectivity index (χ3v) is 7.78. The highest BCUT2D eigenvalue weighted by Gasteiger charge is 2.39. The molecule has 1 saturated heterocycles. The van der Waals surface area contributed by atoms with Gasteiger partial charge in [0.25, 0.3) is 11.8 Å². The molecule has 1 aliphatic rings. The van der Waals surface area contributed by atoms with Gasteiger partial charge in [0.1, 0.15) is 0 Å². The van der Waals surface area contributed by atoms with E-state index in [1.54, 1.807) is 17.0 Å². The van der Waals surface area contributed by atoms with Crippen molar-refractivity contribution in [3.8, 4) is 0 Å². The number of rotatable bonds is 7. The zero-order chi connectivity index (χ0) is 24.9. The molecule has 10 heteroatoms. The molecule has 182 valence electrons. The molecule has 1 atom stereocenters. The van der Waals surface area contributed by atoms with Crippen LogP contribution in [0.5, 0.6) is 0 Å². The van der Waals surface area contributed by atoms with Crippen molar-refractivity contribution in [2.24, 2.45) is 0 Å². The predicted octanol–water partition coefficient (Wildman–Crippen LogP) is 2.65. The zero-order valence-corrected chi connectivity index (χ0v) is 20.7. The van der Waals surface area contributed by atoms with Crippen LogP contribution in [0, 0.1) is 6.92 Å². The van der Waals surface area contributed by atoms with Crippen LogP contribution in [0.2, 0.25) is 5.02 Å². The van der Waals surface area contributed by atoms with Gasteiger partial charge in [-0.1, -0.05) is 36.2 Å². The van der Waals surface area contributed by atoms with Crippen molar-refractivity contribution in [1.29, 1.82) is 0 Å². The number of piperazine rings is 1. The summed E-state index contributed by atoms with van der Waals surface area (Å²) in [6.45, 7) is 4.73. The lowest BCUT2D eigenvalue weighted by atomic mass is 10.2. The number of carbonyl (C=O) groups is 3. The van der Waals surface area contributed by atoms with Crippen LogP contribution >= 0.6 is 11.6 Å². The number of hydrogen-bond acceptors (Lipinski definition) is 5. The summed E-state index contributed by atoms with van der Waals surface area (Å²) in [4.78, 5) is 41.4. The summed E-state index contributed by atoms with van der Waals surface area (Å²) in [6.07, 6.45) is 1.15. The number of amides is 3. The molecule has 3 rings (SSSR count). The number of sulfone groups is 1. The van der Waals surface area contributed by atoms with E-state index in [1.165, 1.54) is 41.3 Å². The third kappa shape index (κ3) is 5.95. The van der Waals surface area contributed by atoms with Gasteiger partial charge in [0.15, 0.2) is 0 Å². The number of benzene rings is 2. The SMILES string of the molecule is CCCC(=O)N1CCN(C(=O)[C@H](NC(=O)c2ccc(Cl)cc2)S(=O)(=O)c2ccc(C)cc2)CC1. The Labute approximate surface area is 204 Å². The standard InChI is InChI=1S/C24H28ClN3O5S/c1-3-4-21(29)27-13-15-28(16-14-27)24(31)23(26-22(30)18-7-9-19(25)10-8-18)34(32,33)20-11-5-17(2)6-12-20/h5-12,23H,3-4,13-16H2,1-2H3,(H,26,30)/t23-/m1/s1. The van der Waals surface area contributed by atoms with E-state index in [0.29, 0.717) is 24.5 Å². The van der Waals surface area contributed by atoms with Crippen molar-refractivity contribution in [2.45, 2.75) is 37.0 Å². The van der Waals surface area contributed by atoms with Gasteiger partial charge in [-0.3, -0.25) is 14.4 Å².